The van der Waals surface area contributed by atoms with E-state index in [1.54, 1.807) is 42.5 Å². The lowest BCUT2D eigenvalue weighted by Gasteiger charge is -2.22. The first kappa shape index (κ1) is 34.9. The van der Waals surface area contributed by atoms with Gasteiger partial charge in [-0.05, 0) is 42.0 Å². The van der Waals surface area contributed by atoms with Crippen LogP contribution in [0.25, 0.3) is 0 Å². The summed E-state index contributed by atoms with van der Waals surface area (Å²) < 4.78 is 0. The predicted octanol–water partition coefficient (Wildman–Crippen LogP) is 0.259. The summed E-state index contributed by atoms with van der Waals surface area (Å²) in [6.45, 7) is 2.78. The summed E-state index contributed by atoms with van der Waals surface area (Å²) in [6.07, 6.45) is 0.518. The van der Waals surface area contributed by atoms with Crippen LogP contribution in [0.2, 0.25) is 0 Å². The number of nitrogens with one attached hydrogen (secondary N) is 4. The SMILES string of the molecule is CC(C)C[C@H](NC(=O)[C@H](Cc1ccccc1)NC(=O)CNC(=O)CNC(=O)[C@@H](N)Cc1ccc(O)cc1)C(=O)O.Cl. The summed E-state index contributed by atoms with van der Waals surface area (Å²) in [7, 11) is 0. The van der Waals surface area contributed by atoms with Gasteiger partial charge in [0.2, 0.25) is 23.6 Å². The molecule has 0 aliphatic carbocycles. The van der Waals surface area contributed by atoms with Crippen LogP contribution >= 0.6 is 12.4 Å². The Kier molecular flexibility index (Phi) is 14.9. The number of amides is 4. The molecule has 0 saturated carbocycles. The molecule has 0 aliphatic heterocycles. The van der Waals surface area contributed by atoms with Crippen molar-refractivity contribution in [2.75, 3.05) is 13.1 Å². The van der Waals surface area contributed by atoms with Crippen molar-refractivity contribution in [1.82, 2.24) is 21.3 Å². The Morgan fingerprint density at radius 3 is 1.93 bits per heavy atom. The minimum Gasteiger partial charge on any atom is -0.508 e. The lowest BCUT2D eigenvalue weighted by molar-refractivity contribution is -0.142. The number of hydrogen-bond acceptors (Lipinski definition) is 7. The fourth-order valence-electron chi connectivity index (χ4n) is 3.79. The van der Waals surface area contributed by atoms with Gasteiger partial charge >= 0.3 is 5.97 Å². The number of phenols is 1. The van der Waals surface area contributed by atoms with Gasteiger partial charge in [-0.1, -0.05) is 56.3 Å². The van der Waals surface area contributed by atoms with E-state index in [0.717, 1.165) is 11.1 Å². The van der Waals surface area contributed by atoms with Gasteiger partial charge in [0, 0.05) is 6.42 Å². The molecule has 3 atom stereocenters. The number of halogens is 1. The summed E-state index contributed by atoms with van der Waals surface area (Å²) >= 11 is 0. The van der Waals surface area contributed by atoms with E-state index in [1.807, 2.05) is 13.8 Å². The van der Waals surface area contributed by atoms with Crippen molar-refractivity contribution in [2.45, 2.75) is 51.2 Å². The molecule has 8 N–H and O–H groups in total. The van der Waals surface area contributed by atoms with E-state index in [9.17, 15) is 34.2 Å². The molecule has 224 valence electrons. The smallest absolute Gasteiger partial charge is 0.326 e. The molecule has 0 radical (unpaired) electrons. The minimum atomic E-state index is -1.18. The van der Waals surface area contributed by atoms with Crippen LogP contribution in [0, 0.1) is 5.92 Å². The summed E-state index contributed by atoms with van der Waals surface area (Å²) in [5, 5.41) is 28.6. The molecule has 2 aromatic carbocycles. The monoisotopic (exact) mass is 591 g/mol. The zero-order chi connectivity index (χ0) is 29.7. The van der Waals surface area contributed by atoms with Gasteiger partial charge < -0.3 is 37.2 Å². The number of aromatic hydroxyl groups is 1. The Morgan fingerprint density at radius 2 is 1.34 bits per heavy atom. The molecule has 12 nitrogen and oxygen atoms in total. The number of carbonyl (C=O) groups is 5. The first-order valence-electron chi connectivity index (χ1n) is 12.9. The Hall–Kier alpha value is -4.16. The van der Waals surface area contributed by atoms with Crippen LogP contribution in [-0.2, 0) is 36.8 Å². The van der Waals surface area contributed by atoms with E-state index >= 15 is 0 Å². The number of aliphatic carboxylic acids is 1. The van der Waals surface area contributed by atoms with Crippen molar-refractivity contribution < 1.29 is 34.2 Å². The lowest BCUT2D eigenvalue weighted by atomic mass is 10.0. The number of benzene rings is 2. The highest BCUT2D eigenvalue weighted by molar-refractivity contribution is 5.93. The molecule has 0 heterocycles. The third-order valence-electron chi connectivity index (χ3n) is 5.85. The molecule has 0 aromatic heterocycles. The summed E-state index contributed by atoms with van der Waals surface area (Å²) in [5.74, 6) is -3.62. The first-order chi connectivity index (χ1) is 18.9. The van der Waals surface area contributed by atoms with Crippen LogP contribution in [0.3, 0.4) is 0 Å². The summed E-state index contributed by atoms with van der Waals surface area (Å²) in [6, 6.07) is 12.0. The minimum absolute atomic E-state index is 0. The van der Waals surface area contributed by atoms with Crippen molar-refractivity contribution in [1.29, 1.82) is 0 Å². The van der Waals surface area contributed by atoms with Crippen molar-refractivity contribution in [2.24, 2.45) is 11.7 Å². The second-order valence-corrected chi connectivity index (χ2v) is 9.81. The van der Waals surface area contributed by atoms with Gasteiger partial charge in [0.15, 0.2) is 0 Å². The number of hydrogen-bond donors (Lipinski definition) is 7. The molecule has 4 amide bonds. The van der Waals surface area contributed by atoms with Crippen molar-refractivity contribution >= 4 is 42.0 Å². The maximum atomic E-state index is 13.0. The highest BCUT2D eigenvalue weighted by Crippen LogP contribution is 2.11. The lowest BCUT2D eigenvalue weighted by Crippen LogP contribution is -2.54. The van der Waals surface area contributed by atoms with E-state index in [1.165, 1.54) is 12.1 Å². The third kappa shape index (κ3) is 13.2. The van der Waals surface area contributed by atoms with Crippen LogP contribution in [0.4, 0.5) is 0 Å². The van der Waals surface area contributed by atoms with Crippen LogP contribution in [0.5, 0.6) is 5.75 Å². The zero-order valence-corrected chi connectivity index (χ0v) is 23.8. The Morgan fingerprint density at radius 1 is 0.756 bits per heavy atom. The number of phenolic OH excluding ortho intramolecular Hbond substituents is 1. The fourth-order valence-corrected chi connectivity index (χ4v) is 3.79. The van der Waals surface area contributed by atoms with Crippen molar-refractivity contribution in [3.63, 3.8) is 0 Å². The maximum Gasteiger partial charge on any atom is 0.326 e. The quantitative estimate of drug-likeness (QED) is 0.153. The van der Waals surface area contributed by atoms with E-state index in [4.69, 9.17) is 5.73 Å². The third-order valence-corrected chi connectivity index (χ3v) is 5.85. The molecule has 0 saturated heterocycles. The van der Waals surface area contributed by atoms with Gasteiger partial charge in [-0.2, -0.15) is 0 Å². The van der Waals surface area contributed by atoms with E-state index < -0.39 is 60.8 Å². The summed E-state index contributed by atoms with van der Waals surface area (Å²) in [5.41, 5.74) is 7.35. The molecule has 0 fully saturated rings. The molecular weight excluding hydrogens is 554 g/mol. The van der Waals surface area contributed by atoms with Crippen LogP contribution in [-0.4, -0.2) is 71.0 Å². The van der Waals surface area contributed by atoms with Crippen LogP contribution in [0.15, 0.2) is 54.6 Å². The highest BCUT2D eigenvalue weighted by Gasteiger charge is 2.27. The fraction of sp³-hybridized carbons (Fsp3) is 0.393. The average Bonchev–Trinajstić information content (AvgIpc) is 2.91. The zero-order valence-electron chi connectivity index (χ0n) is 23.0. The van der Waals surface area contributed by atoms with Crippen LogP contribution in [0.1, 0.15) is 31.4 Å². The molecule has 0 unspecified atom stereocenters. The molecule has 2 aromatic rings. The van der Waals surface area contributed by atoms with Crippen molar-refractivity contribution in [3.05, 3.63) is 65.7 Å². The topological polar surface area (TPSA) is 200 Å². The predicted molar refractivity (Wildman–Crippen MR) is 154 cm³/mol. The molecule has 0 aliphatic rings. The second kappa shape index (κ2) is 17.5. The molecule has 41 heavy (non-hydrogen) atoms. The van der Waals surface area contributed by atoms with Gasteiger partial charge in [-0.15, -0.1) is 12.4 Å². The summed E-state index contributed by atoms with van der Waals surface area (Å²) in [4.78, 5) is 61.6. The van der Waals surface area contributed by atoms with Gasteiger partial charge in [0.1, 0.15) is 17.8 Å². The number of carboxylic acids is 1. The van der Waals surface area contributed by atoms with Crippen LogP contribution < -0.4 is 27.0 Å². The molecule has 2 rings (SSSR count). The van der Waals surface area contributed by atoms with E-state index in [0.29, 0.717) is 0 Å². The molecular formula is C28H38ClN5O7. The Balaban J connectivity index is 0.00000840. The Bertz CT molecular complexity index is 1160. The standard InChI is InChI=1S/C28H37N5O7.ClH/c1-17(2)12-23(28(39)40)33-27(38)22(14-18-6-4-3-5-7-18)32-25(36)16-30-24(35)15-31-26(37)21(29)13-19-8-10-20(34)11-9-19;/h3-11,17,21-23,34H,12-16,29H2,1-2H3,(H,30,35)(H,31,37)(H,32,36)(H,33,38)(H,39,40);1H/t21-,22-,23-;/m0./s1. The highest BCUT2D eigenvalue weighted by atomic mass is 35.5. The van der Waals surface area contributed by atoms with Gasteiger partial charge in [0.05, 0.1) is 19.1 Å². The Labute approximate surface area is 244 Å². The van der Waals surface area contributed by atoms with Gasteiger partial charge in [-0.25, -0.2) is 4.79 Å². The number of nitrogens with two attached hydrogens (primary N) is 1. The maximum absolute atomic E-state index is 13.0. The normalized spacial score (nSPS) is 12.7. The molecule has 0 spiro atoms. The van der Waals surface area contributed by atoms with Crippen molar-refractivity contribution in [3.8, 4) is 5.75 Å². The number of rotatable bonds is 15. The van der Waals surface area contributed by atoms with E-state index in [-0.39, 0.29) is 43.3 Å². The number of carboxylic acid groups (broad SMARTS) is 1. The molecule has 0 bridgehead atoms. The average molecular weight is 592 g/mol. The largest absolute Gasteiger partial charge is 0.508 e. The van der Waals surface area contributed by atoms with Gasteiger partial charge in [0.25, 0.3) is 0 Å². The molecule has 13 heteroatoms. The second-order valence-electron chi connectivity index (χ2n) is 9.81. The van der Waals surface area contributed by atoms with E-state index in [2.05, 4.69) is 21.3 Å². The number of carbonyl (C=O) groups excluding carboxylic acids is 4. The first-order valence-corrected chi connectivity index (χ1v) is 12.9. The van der Waals surface area contributed by atoms with Gasteiger partial charge in [-0.3, -0.25) is 19.2 Å².